The van der Waals surface area contributed by atoms with E-state index in [1.807, 2.05) is 0 Å². The molecular weight excluding hydrogens is 232 g/mol. The first-order valence-electron chi connectivity index (χ1n) is 5.53. The molecule has 0 bridgehead atoms. The lowest BCUT2D eigenvalue weighted by atomic mass is 10.2. The molecule has 0 aliphatic carbocycles. The van der Waals surface area contributed by atoms with E-state index in [0.29, 0.717) is 23.4 Å². The molecule has 5 nitrogen and oxygen atoms in total. The van der Waals surface area contributed by atoms with Crippen LogP contribution in [0.2, 0.25) is 0 Å². The molecule has 0 spiro atoms. The van der Waals surface area contributed by atoms with E-state index in [2.05, 4.69) is 11.9 Å². The predicted octanol–water partition coefficient (Wildman–Crippen LogP) is 1.32. The highest BCUT2D eigenvalue weighted by atomic mass is 16.5. The second-order valence-corrected chi connectivity index (χ2v) is 3.62. The molecule has 0 aromatic heterocycles. The molecule has 5 heteroatoms. The van der Waals surface area contributed by atoms with Crippen LogP contribution in [0.25, 0.3) is 0 Å². The van der Waals surface area contributed by atoms with Crippen molar-refractivity contribution in [1.82, 2.24) is 0 Å². The molecule has 96 valence electrons. The highest BCUT2D eigenvalue weighted by molar-refractivity contribution is 5.93. The molecule has 1 rings (SSSR count). The van der Waals surface area contributed by atoms with Crippen LogP contribution in [0.15, 0.2) is 36.4 Å². The van der Waals surface area contributed by atoms with Gasteiger partial charge in [-0.05, 0) is 25.1 Å². The largest absolute Gasteiger partial charge is 0.463 e. The molecule has 0 atom stereocenters. The van der Waals surface area contributed by atoms with E-state index in [4.69, 9.17) is 10.5 Å². The Kier molecular flexibility index (Phi) is 4.92. The van der Waals surface area contributed by atoms with Gasteiger partial charge in [-0.2, -0.15) is 0 Å². The van der Waals surface area contributed by atoms with Gasteiger partial charge in [0.2, 0.25) is 5.91 Å². The normalized spacial score (nSPS) is 9.61. The number of hydrogen-bond acceptors (Lipinski definition) is 4. The van der Waals surface area contributed by atoms with Gasteiger partial charge in [-0.1, -0.05) is 12.6 Å². The standard InChI is InChI=1S/C13H16N2O3/c1-3-18-13(17)9(2)8-15-11-6-4-5-10(7-11)12(14)16/h4-7,15H,2-3,8H2,1H3,(H2,14,16). The predicted molar refractivity (Wildman–Crippen MR) is 69.2 cm³/mol. The summed E-state index contributed by atoms with van der Waals surface area (Å²) < 4.78 is 4.80. The molecule has 0 fully saturated rings. The summed E-state index contributed by atoms with van der Waals surface area (Å²) in [7, 11) is 0. The van der Waals surface area contributed by atoms with Gasteiger partial charge >= 0.3 is 5.97 Å². The van der Waals surface area contributed by atoms with Gasteiger partial charge in [0.1, 0.15) is 0 Å². The average Bonchev–Trinajstić information content (AvgIpc) is 2.36. The number of carbonyl (C=O) groups is 2. The van der Waals surface area contributed by atoms with E-state index >= 15 is 0 Å². The molecule has 0 radical (unpaired) electrons. The van der Waals surface area contributed by atoms with Gasteiger partial charge in [-0.15, -0.1) is 0 Å². The molecule has 0 aliphatic rings. The van der Waals surface area contributed by atoms with E-state index < -0.39 is 11.9 Å². The Morgan fingerprint density at radius 2 is 2.17 bits per heavy atom. The Labute approximate surface area is 106 Å². The number of hydrogen-bond donors (Lipinski definition) is 2. The third kappa shape index (κ3) is 3.93. The quantitative estimate of drug-likeness (QED) is 0.587. The first kappa shape index (κ1) is 13.8. The van der Waals surface area contributed by atoms with Crippen molar-refractivity contribution in [2.24, 2.45) is 5.73 Å². The van der Waals surface area contributed by atoms with Gasteiger partial charge in [0.15, 0.2) is 0 Å². The Bertz CT molecular complexity index is 469. The molecule has 1 aromatic rings. The van der Waals surface area contributed by atoms with Crippen LogP contribution in [0, 0.1) is 0 Å². The number of nitrogens with one attached hydrogen (secondary N) is 1. The minimum Gasteiger partial charge on any atom is -0.463 e. The minimum absolute atomic E-state index is 0.251. The van der Waals surface area contributed by atoms with Crippen molar-refractivity contribution in [2.45, 2.75) is 6.92 Å². The summed E-state index contributed by atoms with van der Waals surface area (Å²) in [5.74, 6) is -0.932. The average molecular weight is 248 g/mol. The van der Waals surface area contributed by atoms with E-state index in [-0.39, 0.29) is 6.54 Å². The van der Waals surface area contributed by atoms with E-state index in [9.17, 15) is 9.59 Å². The Hall–Kier alpha value is -2.30. The maximum absolute atomic E-state index is 11.3. The van der Waals surface area contributed by atoms with Crippen LogP contribution in [0.4, 0.5) is 5.69 Å². The summed E-state index contributed by atoms with van der Waals surface area (Å²) in [6.07, 6.45) is 0. The lowest BCUT2D eigenvalue weighted by Gasteiger charge is -2.09. The fourth-order valence-corrected chi connectivity index (χ4v) is 1.30. The third-order valence-electron chi connectivity index (χ3n) is 2.22. The first-order valence-corrected chi connectivity index (χ1v) is 5.53. The molecule has 18 heavy (non-hydrogen) atoms. The van der Waals surface area contributed by atoms with Crippen molar-refractivity contribution in [3.63, 3.8) is 0 Å². The van der Waals surface area contributed by atoms with Crippen molar-refractivity contribution in [3.05, 3.63) is 42.0 Å². The van der Waals surface area contributed by atoms with Crippen LogP contribution in [-0.4, -0.2) is 25.0 Å². The number of rotatable bonds is 6. The number of anilines is 1. The van der Waals surface area contributed by atoms with Crippen LogP contribution in [0.3, 0.4) is 0 Å². The highest BCUT2D eigenvalue weighted by Crippen LogP contribution is 2.10. The number of ether oxygens (including phenoxy) is 1. The number of primary amides is 1. The molecule has 0 aliphatic heterocycles. The highest BCUT2D eigenvalue weighted by Gasteiger charge is 2.07. The summed E-state index contributed by atoms with van der Waals surface area (Å²) in [6, 6.07) is 6.70. The van der Waals surface area contributed by atoms with Gasteiger partial charge in [0, 0.05) is 23.4 Å². The topological polar surface area (TPSA) is 81.4 Å². The maximum atomic E-state index is 11.3. The zero-order valence-corrected chi connectivity index (χ0v) is 10.2. The number of nitrogens with two attached hydrogens (primary N) is 1. The second-order valence-electron chi connectivity index (χ2n) is 3.62. The molecule has 0 saturated heterocycles. The van der Waals surface area contributed by atoms with E-state index in [1.54, 1.807) is 31.2 Å². The van der Waals surface area contributed by atoms with E-state index in [1.165, 1.54) is 0 Å². The Morgan fingerprint density at radius 1 is 1.44 bits per heavy atom. The van der Waals surface area contributed by atoms with Crippen LogP contribution in [0.1, 0.15) is 17.3 Å². The third-order valence-corrected chi connectivity index (χ3v) is 2.22. The molecule has 1 amide bonds. The first-order chi connectivity index (χ1) is 8.54. The lowest BCUT2D eigenvalue weighted by Crippen LogP contribution is -2.15. The molecule has 1 aromatic carbocycles. The summed E-state index contributed by atoms with van der Waals surface area (Å²) in [5, 5.41) is 2.97. The van der Waals surface area contributed by atoms with Crippen molar-refractivity contribution in [2.75, 3.05) is 18.5 Å². The molecule has 0 unspecified atom stereocenters. The minimum atomic E-state index is -0.497. The summed E-state index contributed by atoms with van der Waals surface area (Å²) in [5.41, 5.74) is 6.58. The zero-order chi connectivity index (χ0) is 13.5. The SMILES string of the molecule is C=C(CNc1cccc(C(N)=O)c1)C(=O)OCC. The fraction of sp³-hybridized carbons (Fsp3) is 0.231. The number of amides is 1. The smallest absolute Gasteiger partial charge is 0.335 e. The van der Waals surface area contributed by atoms with Crippen LogP contribution >= 0.6 is 0 Å². The lowest BCUT2D eigenvalue weighted by molar-refractivity contribution is -0.138. The van der Waals surface area contributed by atoms with Gasteiger partial charge in [-0.3, -0.25) is 4.79 Å². The zero-order valence-electron chi connectivity index (χ0n) is 10.2. The van der Waals surface area contributed by atoms with Gasteiger partial charge in [0.25, 0.3) is 0 Å². The summed E-state index contributed by atoms with van der Waals surface area (Å²) in [6.45, 7) is 5.91. The van der Waals surface area contributed by atoms with Crippen molar-refractivity contribution < 1.29 is 14.3 Å². The summed E-state index contributed by atoms with van der Waals surface area (Å²) in [4.78, 5) is 22.3. The fourth-order valence-electron chi connectivity index (χ4n) is 1.30. The summed E-state index contributed by atoms with van der Waals surface area (Å²) >= 11 is 0. The van der Waals surface area contributed by atoms with Gasteiger partial charge in [-0.25, -0.2) is 4.79 Å². The number of benzene rings is 1. The number of carbonyl (C=O) groups excluding carboxylic acids is 2. The van der Waals surface area contributed by atoms with Gasteiger partial charge in [0.05, 0.1) is 6.61 Å². The molecule has 3 N–H and O–H groups in total. The van der Waals surface area contributed by atoms with E-state index in [0.717, 1.165) is 0 Å². The van der Waals surface area contributed by atoms with Crippen molar-refractivity contribution in [1.29, 1.82) is 0 Å². The second kappa shape index (κ2) is 6.44. The van der Waals surface area contributed by atoms with Crippen molar-refractivity contribution >= 4 is 17.6 Å². The molecule has 0 heterocycles. The van der Waals surface area contributed by atoms with Crippen LogP contribution < -0.4 is 11.1 Å². The molecular formula is C13H16N2O3. The monoisotopic (exact) mass is 248 g/mol. The Morgan fingerprint density at radius 3 is 2.78 bits per heavy atom. The number of esters is 1. The van der Waals surface area contributed by atoms with Crippen LogP contribution in [0.5, 0.6) is 0 Å². The van der Waals surface area contributed by atoms with Gasteiger partial charge < -0.3 is 15.8 Å². The van der Waals surface area contributed by atoms with Crippen molar-refractivity contribution in [3.8, 4) is 0 Å². The van der Waals surface area contributed by atoms with Crippen LogP contribution in [-0.2, 0) is 9.53 Å². The Balaban J connectivity index is 2.58. The molecule has 0 saturated carbocycles. The maximum Gasteiger partial charge on any atom is 0.335 e.